The van der Waals surface area contributed by atoms with Crippen LogP contribution in [-0.4, -0.2) is 6.21 Å². The van der Waals surface area contributed by atoms with Gasteiger partial charge in [0.1, 0.15) is 0 Å². The largest absolute Gasteiger partial charge is 0.309 e. The van der Waals surface area contributed by atoms with Gasteiger partial charge in [0.2, 0.25) is 0 Å². The van der Waals surface area contributed by atoms with E-state index in [1.54, 1.807) is 18.2 Å². The number of rotatable bonds is 6. The van der Waals surface area contributed by atoms with Crippen LogP contribution in [0.1, 0.15) is 6.92 Å². The molecule has 0 saturated carbocycles. The molecule has 1 N–H and O–H groups in total. The van der Waals surface area contributed by atoms with E-state index < -0.39 is 0 Å². The van der Waals surface area contributed by atoms with Crippen LogP contribution in [-0.2, 0) is 0 Å². The average molecular weight is 199 g/mol. The molecule has 0 aromatic carbocycles. The van der Waals surface area contributed by atoms with E-state index in [1.165, 1.54) is 6.21 Å². The summed E-state index contributed by atoms with van der Waals surface area (Å²) in [4.78, 5) is 0. The lowest BCUT2D eigenvalue weighted by Gasteiger charge is -2.01. The van der Waals surface area contributed by atoms with Crippen molar-refractivity contribution < 1.29 is 0 Å². The molecule has 15 heavy (non-hydrogen) atoms. The van der Waals surface area contributed by atoms with Crippen molar-refractivity contribution in [1.82, 2.24) is 0 Å². The van der Waals surface area contributed by atoms with E-state index >= 15 is 0 Å². The topological polar surface area (TPSA) is 23.9 Å². The Hall–Kier alpha value is -1.89. The van der Waals surface area contributed by atoms with Crippen molar-refractivity contribution in [1.29, 1.82) is 5.41 Å². The smallest absolute Gasteiger partial charge is 0.0177 e. The van der Waals surface area contributed by atoms with Crippen molar-refractivity contribution in [3.8, 4) is 0 Å². The molecule has 0 rings (SSSR count). The van der Waals surface area contributed by atoms with Crippen LogP contribution in [0, 0.1) is 5.41 Å². The predicted octanol–water partition coefficient (Wildman–Crippen LogP) is 3.99. The van der Waals surface area contributed by atoms with Crippen LogP contribution in [0.4, 0.5) is 0 Å². The van der Waals surface area contributed by atoms with Gasteiger partial charge in [-0.1, -0.05) is 55.7 Å². The third-order valence-electron chi connectivity index (χ3n) is 1.65. The lowest BCUT2D eigenvalue weighted by Crippen LogP contribution is -1.82. The second-order valence-corrected chi connectivity index (χ2v) is 2.74. The molecular weight excluding hydrogens is 182 g/mol. The van der Waals surface area contributed by atoms with Gasteiger partial charge in [0.25, 0.3) is 0 Å². The SMILES string of the molecule is C=C/C=C(\C=C/C)C(/C=C\C=N)=C/C=C. The van der Waals surface area contributed by atoms with Crippen LogP contribution in [0.5, 0.6) is 0 Å². The highest BCUT2D eigenvalue weighted by atomic mass is 14.3. The monoisotopic (exact) mass is 199 g/mol. The highest BCUT2D eigenvalue weighted by Gasteiger charge is 1.94. The van der Waals surface area contributed by atoms with E-state index in [-0.39, 0.29) is 0 Å². The molecule has 0 amide bonds. The van der Waals surface area contributed by atoms with Crippen LogP contribution < -0.4 is 0 Å². The third kappa shape index (κ3) is 5.42. The zero-order valence-electron chi connectivity index (χ0n) is 9.11. The van der Waals surface area contributed by atoms with E-state index in [2.05, 4.69) is 13.2 Å². The molecule has 0 aromatic rings. The Kier molecular flexibility index (Phi) is 7.60. The summed E-state index contributed by atoms with van der Waals surface area (Å²) in [5, 5.41) is 6.95. The molecule has 78 valence electrons. The first-order valence-corrected chi connectivity index (χ1v) is 4.75. The minimum atomic E-state index is 1.01. The Balaban J connectivity index is 5.18. The van der Waals surface area contributed by atoms with Gasteiger partial charge < -0.3 is 5.41 Å². The molecule has 0 heterocycles. The summed E-state index contributed by atoms with van der Waals surface area (Å²) in [5.41, 5.74) is 2.05. The van der Waals surface area contributed by atoms with E-state index in [0.717, 1.165) is 11.1 Å². The second-order valence-electron chi connectivity index (χ2n) is 2.74. The van der Waals surface area contributed by atoms with Crippen molar-refractivity contribution in [2.75, 3.05) is 0 Å². The molecule has 0 aliphatic rings. The molecule has 1 nitrogen and oxygen atoms in total. The van der Waals surface area contributed by atoms with Crippen molar-refractivity contribution in [2.24, 2.45) is 0 Å². The normalized spacial score (nSPS) is 13.4. The first kappa shape index (κ1) is 13.1. The Labute approximate surface area is 92.0 Å². The zero-order chi connectivity index (χ0) is 11.5. The molecule has 0 atom stereocenters. The Morgan fingerprint density at radius 3 is 1.93 bits per heavy atom. The second kappa shape index (κ2) is 8.70. The quantitative estimate of drug-likeness (QED) is 0.494. The van der Waals surface area contributed by atoms with Crippen molar-refractivity contribution in [2.45, 2.75) is 6.92 Å². The standard InChI is InChI=1S/C14H17N/c1-4-8-13(9-5-2)14(10-6-3)11-7-12-15/h4-12,15H,1,3H2,2H3/b9-5-,11-7-,13-8+,14-10+,15-12?. The summed E-state index contributed by atoms with van der Waals surface area (Å²) in [7, 11) is 0. The maximum Gasteiger partial charge on any atom is 0.0177 e. The minimum Gasteiger partial charge on any atom is -0.309 e. The molecule has 0 aliphatic carbocycles. The van der Waals surface area contributed by atoms with Gasteiger partial charge in [0.15, 0.2) is 0 Å². The predicted molar refractivity (Wildman–Crippen MR) is 69.3 cm³/mol. The van der Waals surface area contributed by atoms with Gasteiger partial charge >= 0.3 is 0 Å². The minimum absolute atomic E-state index is 1.01. The summed E-state index contributed by atoms with van der Waals surface area (Å²) < 4.78 is 0. The molecule has 0 aliphatic heterocycles. The van der Waals surface area contributed by atoms with Gasteiger partial charge in [-0.3, -0.25) is 0 Å². The summed E-state index contributed by atoms with van der Waals surface area (Å²) in [6.07, 6.45) is 16.0. The number of hydrogen-bond acceptors (Lipinski definition) is 1. The Morgan fingerprint density at radius 1 is 1.00 bits per heavy atom. The number of allylic oxidation sites excluding steroid dienone is 10. The fourth-order valence-electron chi connectivity index (χ4n) is 1.08. The lowest BCUT2D eigenvalue weighted by molar-refractivity contribution is 1.52. The van der Waals surface area contributed by atoms with E-state index in [0.29, 0.717) is 0 Å². The summed E-state index contributed by atoms with van der Waals surface area (Å²) >= 11 is 0. The van der Waals surface area contributed by atoms with E-state index in [9.17, 15) is 0 Å². The molecule has 0 saturated heterocycles. The van der Waals surface area contributed by atoms with Gasteiger partial charge in [-0.25, -0.2) is 0 Å². The van der Waals surface area contributed by atoms with E-state index in [4.69, 9.17) is 5.41 Å². The maximum absolute atomic E-state index is 6.95. The Morgan fingerprint density at radius 2 is 1.53 bits per heavy atom. The van der Waals surface area contributed by atoms with Crippen LogP contribution in [0.2, 0.25) is 0 Å². The highest BCUT2D eigenvalue weighted by Crippen LogP contribution is 2.13. The fraction of sp³-hybridized carbons (Fsp3) is 0.0714. The summed E-state index contributed by atoms with van der Waals surface area (Å²) in [6.45, 7) is 9.30. The molecule has 1 heteroatoms. The van der Waals surface area contributed by atoms with Gasteiger partial charge in [0.05, 0.1) is 0 Å². The van der Waals surface area contributed by atoms with Crippen molar-refractivity contribution in [3.05, 3.63) is 72.9 Å². The van der Waals surface area contributed by atoms with E-state index in [1.807, 2.05) is 37.3 Å². The molecule has 0 fully saturated rings. The molecule has 0 radical (unpaired) electrons. The van der Waals surface area contributed by atoms with Crippen molar-refractivity contribution >= 4 is 6.21 Å². The third-order valence-corrected chi connectivity index (χ3v) is 1.65. The molecule has 0 spiro atoms. The Bertz CT molecular complexity index is 338. The molecular formula is C14H17N. The first-order chi connectivity index (χ1) is 7.29. The number of hydrogen-bond donors (Lipinski definition) is 1. The van der Waals surface area contributed by atoms with Crippen LogP contribution in [0.25, 0.3) is 0 Å². The number of nitrogens with one attached hydrogen (secondary N) is 1. The molecule has 0 bridgehead atoms. The van der Waals surface area contributed by atoms with Gasteiger partial charge in [-0.15, -0.1) is 0 Å². The average Bonchev–Trinajstić information content (AvgIpc) is 2.24. The van der Waals surface area contributed by atoms with Crippen LogP contribution >= 0.6 is 0 Å². The van der Waals surface area contributed by atoms with Crippen LogP contribution in [0.15, 0.2) is 72.9 Å². The van der Waals surface area contributed by atoms with Crippen molar-refractivity contribution in [3.63, 3.8) is 0 Å². The van der Waals surface area contributed by atoms with Gasteiger partial charge in [-0.2, -0.15) is 0 Å². The highest BCUT2D eigenvalue weighted by molar-refractivity contribution is 5.69. The first-order valence-electron chi connectivity index (χ1n) is 4.75. The van der Waals surface area contributed by atoms with Gasteiger partial charge in [0, 0.05) is 6.21 Å². The van der Waals surface area contributed by atoms with Crippen LogP contribution in [0.3, 0.4) is 0 Å². The molecule has 0 aromatic heterocycles. The lowest BCUT2D eigenvalue weighted by atomic mass is 10.0. The summed E-state index contributed by atoms with van der Waals surface area (Å²) in [5.74, 6) is 0. The maximum atomic E-state index is 6.95. The summed E-state index contributed by atoms with van der Waals surface area (Å²) in [6, 6.07) is 0. The van der Waals surface area contributed by atoms with Gasteiger partial charge in [-0.05, 0) is 24.1 Å². The molecule has 0 unspecified atom stereocenters. The zero-order valence-corrected chi connectivity index (χ0v) is 9.11. The fourth-order valence-corrected chi connectivity index (χ4v) is 1.08.